The van der Waals surface area contributed by atoms with Gasteiger partial charge in [0.25, 0.3) is 0 Å². The molecule has 3 rings (SSSR count). The molecule has 0 fully saturated rings. The van der Waals surface area contributed by atoms with Crippen LogP contribution in [0.4, 0.5) is 0 Å². The Hall–Kier alpha value is -2.59. The fraction of sp³-hybridized carbons (Fsp3) is 0.0588. The molecule has 0 aliphatic heterocycles. The molecule has 0 aliphatic rings. The van der Waals surface area contributed by atoms with E-state index in [2.05, 4.69) is 4.98 Å². The van der Waals surface area contributed by atoms with Crippen LogP contribution in [0.15, 0.2) is 54.7 Å². The first kappa shape index (κ1) is 14.4. The monoisotopic (exact) mass is 312 g/mol. The van der Waals surface area contributed by atoms with Gasteiger partial charge in [-0.2, -0.15) is 0 Å². The molecule has 5 heteroatoms. The number of imidazole rings is 1. The van der Waals surface area contributed by atoms with Crippen LogP contribution in [-0.2, 0) is 0 Å². The number of aromatic nitrogens is 2. The number of halogens is 1. The number of nitrogens with zero attached hydrogens (tertiary/aromatic N) is 2. The summed E-state index contributed by atoms with van der Waals surface area (Å²) in [5, 5.41) is 9.86. The van der Waals surface area contributed by atoms with Gasteiger partial charge in [-0.1, -0.05) is 35.9 Å². The minimum absolute atomic E-state index is 0.00760. The zero-order valence-electron chi connectivity index (χ0n) is 11.8. The van der Waals surface area contributed by atoms with Gasteiger partial charge in [0.15, 0.2) is 5.69 Å². The molecule has 4 nitrogen and oxygen atoms in total. The highest BCUT2D eigenvalue weighted by Gasteiger charge is 2.16. The van der Waals surface area contributed by atoms with E-state index in [0.717, 1.165) is 16.8 Å². The number of carboxylic acid groups (broad SMARTS) is 1. The predicted octanol–water partition coefficient (Wildman–Crippen LogP) is 4.20. The second-order valence-corrected chi connectivity index (χ2v) is 5.35. The molecule has 0 unspecified atom stereocenters. The summed E-state index contributed by atoms with van der Waals surface area (Å²) in [7, 11) is 0. The molecule has 0 radical (unpaired) electrons. The lowest BCUT2D eigenvalue weighted by atomic mass is 10.1. The fourth-order valence-corrected chi connectivity index (χ4v) is 2.42. The van der Waals surface area contributed by atoms with Gasteiger partial charge in [0, 0.05) is 22.5 Å². The number of rotatable bonds is 3. The Balaban J connectivity index is 2.23. The van der Waals surface area contributed by atoms with Crippen molar-refractivity contribution in [1.29, 1.82) is 0 Å². The Morgan fingerprint density at radius 1 is 1.14 bits per heavy atom. The molecular formula is C17H13ClN2O2. The molecule has 1 heterocycles. The van der Waals surface area contributed by atoms with Gasteiger partial charge >= 0.3 is 5.97 Å². The van der Waals surface area contributed by atoms with Crippen LogP contribution in [0.5, 0.6) is 0 Å². The second-order valence-electron chi connectivity index (χ2n) is 4.92. The first-order valence-corrected chi connectivity index (χ1v) is 7.08. The molecule has 2 aromatic carbocycles. The van der Waals surface area contributed by atoms with Crippen molar-refractivity contribution < 1.29 is 9.90 Å². The molecule has 0 amide bonds. The maximum Gasteiger partial charge on any atom is 0.356 e. The summed E-state index contributed by atoms with van der Waals surface area (Å²) in [6.07, 6.45) is 1.52. The van der Waals surface area contributed by atoms with Crippen molar-refractivity contribution in [2.24, 2.45) is 0 Å². The van der Waals surface area contributed by atoms with E-state index in [9.17, 15) is 9.90 Å². The molecule has 1 N–H and O–H groups in total. The maximum atomic E-state index is 11.3. The average molecular weight is 313 g/mol. The molecule has 22 heavy (non-hydrogen) atoms. The molecule has 0 saturated carbocycles. The largest absolute Gasteiger partial charge is 0.476 e. The van der Waals surface area contributed by atoms with Crippen LogP contribution in [0.2, 0.25) is 5.02 Å². The van der Waals surface area contributed by atoms with Crippen molar-refractivity contribution in [2.75, 3.05) is 0 Å². The maximum absolute atomic E-state index is 11.3. The van der Waals surface area contributed by atoms with Crippen molar-refractivity contribution in [3.8, 4) is 17.1 Å². The van der Waals surface area contributed by atoms with E-state index in [-0.39, 0.29) is 5.69 Å². The van der Waals surface area contributed by atoms with Crippen molar-refractivity contribution in [3.63, 3.8) is 0 Å². The zero-order chi connectivity index (χ0) is 15.7. The van der Waals surface area contributed by atoms with Crippen LogP contribution < -0.4 is 0 Å². The molecule has 0 bridgehead atoms. The molecule has 0 aliphatic carbocycles. The Morgan fingerprint density at radius 3 is 2.45 bits per heavy atom. The SMILES string of the molecule is Cc1ccccc1-c1nc(C(=O)O)cn1-c1ccc(Cl)cc1. The average Bonchev–Trinajstić information content (AvgIpc) is 2.94. The normalized spacial score (nSPS) is 10.6. The zero-order valence-corrected chi connectivity index (χ0v) is 12.6. The van der Waals surface area contributed by atoms with Gasteiger partial charge in [-0.15, -0.1) is 0 Å². The molecule has 1 aromatic heterocycles. The third kappa shape index (κ3) is 2.61. The number of carboxylic acids is 1. The summed E-state index contributed by atoms with van der Waals surface area (Å²) >= 11 is 5.92. The first-order valence-electron chi connectivity index (χ1n) is 6.71. The van der Waals surface area contributed by atoms with Crippen molar-refractivity contribution in [2.45, 2.75) is 6.92 Å². The first-order chi connectivity index (χ1) is 10.6. The molecule has 0 spiro atoms. The van der Waals surface area contributed by atoms with Crippen LogP contribution in [-0.4, -0.2) is 20.6 Å². The van der Waals surface area contributed by atoms with Crippen LogP contribution in [0.1, 0.15) is 16.1 Å². The van der Waals surface area contributed by atoms with Crippen LogP contribution in [0.25, 0.3) is 17.1 Å². The Kier molecular flexibility index (Phi) is 3.69. The second kappa shape index (κ2) is 5.66. The van der Waals surface area contributed by atoms with E-state index in [4.69, 9.17) is 11.6 Å². The number of hydrogen-bond donors (Lipinski definition) is 1. The van der Waals surface area contributed by atoms with Gasteiger partial charge in [0.1, 0.15) is 5.82 Å². The van der Waals surface area contributed by atoms with E-state index in [1.54, 1.807) is 16.7 Å². The lowest BCUT2D eigenvalue weighted by molar-refractivity contribution is 0.0691. The van der Waals surface area contributed by atoms with Gasteiger partial charge in [0.05, 0.1) is 0 Å². The third-order valence-corrected chi connectivity index (χ3v) is 3.67. The number of aromatic carboxylic acids is 1. The van der Waals surface area contributed by atoms with Crippen molar-refractivity contribution in [3.05, 3.63) is 71.0 Å². The van der Waals surface area contributed by atoms with Gasteiger partial charge in [-0.25, -0.2) is 9.78 Å². The lowest BCUT2D eigenvalue weighted by Crippen LogP contribution is -1.97. The van der Waals surface area contributed by atoms with Gasteiger partial charge in [-0.05, 0) is 36.8 Å². The summed E-state index contributed by atoms with van der Waals surface area (Å²) in [6.45, 7) is 1.97. The van der Waals surface area contributed by atoms with Crippen molar-refractivity contribution in [1.82, 2.24) is 9.55 Å². The van der Waals surface area contributed by atoms with Crippen molar-refractivity contribution >= 4 is 17.6 Å². The number of aryl methyl sites for hydroxylation is 1. The van der Waals surface area contributed by atoms with Gasteiger partial charge in [0.2, 0.25) is 0 Å². The highest BCUT2D eigenvalue weighted by molar-refractivity contribution is 6.30. The molecule has 3 aromatic rings. The molecular weight excluding hydrogens is 300 g/mol. The quantitative estimate of drug-likeness (QED) is 0.788. The summed E-state index contributed by atoms with van der Waals surface area (Å²) in [5.41, 5.74) is 2.74. The number of benzene rings is 2. The minimum Gasteiger partial charge on any atom is -0.476 e. The Morgan fingerprint density at radius 2 is 1.82 bits per heavy atom. The Bertz CT molecular complexity index is 838. The number of hydrogen-bond acceptors (Lipinski definition) is 2. The van der Waals surface area contributed by atoms with E-state index >= 15 is 0 Å². The van der Waals surface area contributed by atoms with E-state index in [1.165, 1.54) is 6.20 Å². The van der Waals surface area contributed by atoms with Crippen LogP contribution in [0, 0.1) is 6.92 Å². The summed E-state index contributed by atoms with van der Waals surface area (Å²) in [6, 6.07) is 14.9. The predicted molar refractivity (Wildman–Crippen MR) is 85.7 cm³/mol. The van der Waals surface area contributed by atoms with Crippen LogP contribution in [0.3, 0.4) is 0 Å². The standard InChI is InChI=1S/C17H13ClN2O2/c1-11-4-2-3-5-14(11)16-19-15(17(21)22)10-20(16)13-8-6-12(18)7-9-13/h2-10H,1H3,(H,21,22). The number of carbonyl (C=O) groups is 1. The highest BCUT2D eigenvalue weighted by Crippen LogP contribution is 2.26. The smallest absolute Gasteiger partial charge is 0.356 e. The van der Waals surface area contributed by atoms with Gasteiger partial charge in [-0.3, -0.25) is 4.57 Å². The lowest BCUT2D eigenvalue weighted by Gasteiger charge is -2.09. The summed E-state index contributed by atoms with van der Waals surface area (Å²) < 4.78 is 1.77. The van der Waals surface area contributed by atoms with E-state index in [0.29, 0.717) is 10.8 Å². The molecule has 110 valence electrons. The topological polar surface area (TPSA) is 55.1 Å². The van der Waals surface area contributed by atoms with E-state index < -0.39 is 5.97 Å². The third-order valence-electron chi connectivity index (χ3n) is 3.42. The minimum atomic E-state index is -1.05. The fourth-order valence-electron chi connectivity index (χ4n) is 2.30. The molecule has 0 atom stereocenters. The van der Waals surface area contributed by atoms with Crippen LogP contribution >= 0.6 is 11.6 Å². The Labute approximate surface area is 132 Å². The summed E-state index contributed by atoms with van der Waals surface area (Å²) in [5.74, 6) is -0.458. The van der Waals surface area contributed by atoms with Gasteiger partial charge < -0.3 is 5.11 Å². The highest BCUT2D eigenvalue weighted by atomic mass is 35.5. The summed E-state index contributed by atoms with van der Waals surface area (Å²) in [4.78, 5) is 15.5. The molecule has 0 saturated heterocycles. The van der Waals surface area contributed by atoms with E-state index in [1.807, 2.05) is 43.3 Å².